The van der Waals surface area contributed by atoms with E-state index in [0.29, 0.717) is 21.7 Å². The van der Waals surface area contributed by atoms with Gasteiger partial charge < -0.3 is 10.2 Å². The Hall–Kier alpha value is -1.77. The standard InChI is InChI=1S/C22H29ClFN5OS/c1-14-5-4-10-29(13-14)16-7-11-28(12-8-16)21(30)19-20(23)27-22(31-19)26-15(2)18-17(24)6-3-9-25-18/h3,6,9,14-16H,4-5,7-8,10-13H2,1-2H3,(H,26,27)/t14-,15+/m1/s1. The number of anilines is 1. The Morgan fingerprint density at radius 1 is 1.32 bits per heavy atom. The second kappa shape index (κ2) is 9.79. The minimum Gasteiger partial charge on any atom is -0.353 e. The Labute approximate surface area is 191 Å². The number of thiazole rings is 1. The Bertz CT molecular complexity index is 917. The zero-order chi connectivity index (χ0) is 22.0. The van der Waals surface area contributed by atoms with Crippen molar-refractivity contribution in [2.45, 2.75) is 51.6 Å². The third-order valence-electron chi connectivity index (χ3n) is 6.27. The van der Waals surface area contributed by atoms with Crippen LogP contribution in [0.5, 0.6) is 0 Å². The molecule has 6 nitrogen and oxygen atoms in total. The molecule has 0 spiro atoms. The monoisotopic (exact) mass is 465 g/mol. The van der Waals surface area contributed by atoms with Crippen molar-refractivity contribution < 1.29 is 9.18 Å². The van der Waals surface area contributed by atoms with Gasteiger partial charge in [0.15, 0.2) is 10.3 Å². The molecule has 9 heteroatoms. The molecule has 0 aliphatic carbocycles. The first-order valence-electron chi connectivity index (χ1n) is 11.0. The summed E-state index contributed by atoms with van der Waals surface area (Å²) < 4.78 is 14.0. The number of hydrogen-bond donors (Lipinski definition) is 1. The van der Waals surface area contributed by atoms with Crippen LogP contribution in [0.3, 0.4) is 0 Å². The molecule has 2 aromatic rings. The number of pyridine rings is 1. The van der Waals surface area contributed by atoms with Gasteiger partial charge in [0.1, 0.15) is 10.7 Å². The lowest BCUT2D eigenvalue weighted by atomic mass is 9.95. The van der Waals surface area contributed by atoms with Gasteiger partial charge in [-0.05, 0) is 57.2 Å². The molecular weight excluding hydrogens is 437 g/mol. The summed E-state index contributed by atoms with van der Waals surface area (Å²) in [6.45, 7) is 7.94. The Kier molecular flexibility index (Phi) is 7.08. The summed E-state index contributed by atoms with van der Waals surface area (Å²) in [7, 11) is 0. The van der Waals surface area contributed by atoms with Crippen molar-refractivity contribution in [1.29, 1.82) is 0 Å². The number of hydrogen-bond acceptors (Lipinski definition) is 6. The van der Waals surface area contributed by atoms with Gasteiger partial charge in [0.25, 0.3) is 5.91 Å². The van der Waals surface area contributed by atoms with Crippen molar-refractivity contribution in [3.63, 3.8) is 0 Å². The van der Waals surface area contributed by atoms with Gasteiger partial charge in [-0.25, -0.2) is 9.37 Å². The van der Waals surface area contributed by atoms with Crippen LogP contribution in [0.15, 0.2) is 18.3 Å². The Balaban J connectivity index is 1.36. The average molecular weight is 466 g/mol. The van der Waals surface area contributed by atoms with Crippen molar-refractivity contribution >= 4 is 34.0 Å². The molecule has 1 amide bonds. The molecule has 1 N–H and O–H groups in total. The molecule has 0 radical (unpaired) electrons. The predicted molar refractivity (Wildman–Crippen MR) is 122 cm³/mol. The molecule has 2 fully saturated rings. The van der Waals surface area contributed by atoms with Crippen molar-refractivity contribution in [2.75, 3.05) is 31.5 Å². The maximum Gasteiger partial charge on any atom is 0.267 e. The summed E-state index contributed by atoms with van der Waals surface area (Å²) >= 11 is 7.51. The molecule has 2 aromatic heterocycles. The van der Waals surface area contributed by atoms with Gasteiger partial charge in [0.05, 0.1) is 11.7 Å². The number of carbonyl (C=O) groups excluding carboxylic acids is 1. The molecule has 4 heterocycles. The highest BCUT2D eigenvalue weighted by atomic mass is 35.5. The van der Waals surface area contributed by atoms with Gasteiger partial charge in [0, 0.05) is 31.9 Å². The number of halogens is 2. The van der Waals surface area contributed by atoms with Gasteiger partial charge >= 0.3 is 0 Å². The Morgan fingerprint density at radius 3 is 2.81 bits per heavy atom. The molecule has 0 bridgehead atoms. The fraction of sp³-hybridized carbons (Fsp3) is 0.591. The van der Waals surface area contributed by atoms with E-state index in [0.717, 1.165) is 31.8 Å². The fourth-order valence-corrected chi connectivity index (χ4v) is 5.84. The van der Waals surface area contributed by atoms with Gasteiger partial charge in [-0.3, -0.25) is 14.7 Å². The number of rotatable bonds is 5. The molecule has 2 aliphatic heterocycles. The summed E-state index contributed by atoms with van der Waals surface area (Å²) in [4.78, 5) is 26.4. The highest BCUT2D eigenvalue weighted by Crippen LogP contribution is 2.32. The van der Waals surface area contributed by atoms with Crippen LogP contribution in [0, 0.1) is 11.7 Å². The van der Waals surface area contributed by atoms with Crippen LogP contribution in [0.1, 0.15) is 60.9 Å². The van der Waals surface area contributed by atoms with Crippen molar-refractivity contribution in [3.8, 4) is 0 Å². The summed E-state index contributed by atoms with van der Waals surface area (Å²) in [6.07, 6.45) is 6.13. The van der Waals surface area contributed by atoms with Crippen LogP contribution in [-0.2, 0) is 0 Å². The number of piperidine rings is 2. The summed E-state index contributed by atoms with van der Waals surface area (Å²) in [5.74, 6) is 0.308. The second-order valence-electron chi connectivity index (χ2n) is 8.64. The first-order valence-corrected chi connectivity index (χ1v) is 12.2. The number of likely N-dealkylation sites (tertiary alicyclic amines) is 2. The second-order valence-corrected chi connectivity index (χ2v) is 10.00. The highest BCUT2D eigenvalue weighted by Gasteiger charge is 2.31. The molecule has 0 saturated carbocycles. The molecule has 2 aliphatic rings. The van der Waals surface area contributed by atoms with Crippen LogP contribution >= 0.6 is 22.9 Å². The predicted octanol–water partition coefficient (Wildman–Crippen LogP) is 4.84. The maximum absolute atomic E-state index is 14.0. The van der Waals surface area contributed by atoms with E-state index in [2.05, 4.69) is 27.1 Å². The molecule has 0 aromatic carbocycles. The largest absolute Gasteiger partial charge is 0.353 e. The van der Waals surface area contributed by atoms with E-state index in [1.54, 1.807) is 19.2 Å². The normalized spacial score (nSPS) is 21.8. The lowest BCUT2D eigenvalue weighted by molar-refractivity contribution is 0.0545. The number of carbonyl (C=O) groups is 1. The quantitative estimate of drug-likeness (QED) is 0.684. The smallest absolute Gasteiger partial charge is 0.267 e. The molecule has 2 atom stereocenters. The first kappa shape index (κ1) is 22.4. The third kappa shape index (κ3) is 5.18. The minimum atomic E-state index is -0.394. The van der Waals surface area contributed by atoms with Gasteiger partial charge in [-0.1, -0.05) is 29.9 Å². The summed E-state index contributed by atoms with van der Waals surface area (Å²) in [5, 5.41) is 3.80. The lowest BCUT2D eigenvalue weighted by Crippen LogP contribution is -2.49. The van der Waals surface area contributed by atoms with E-state index < -0.39 is 6.04 Å². The van der Waals surface area contributed by atoms with Crippen molar-refractivity contribution in [2.24, 2.45) is 5.92 Å². The molecule has 31 heavy (non-hydrogen) atoms. The zero-order valence-corrected chi connectivity index (χ0v) is 19.6. The van der Waals surface area contributed by atoms with Gasteiger partial charge in [-0.15, -0.1) is 0 Å². The highest BCUT2D eigenvalue weighted by molar-refractivity contribution is 7.18. The maximum atomic E-state index is 14.0. The average Bonchev–Trinajstić information content (AvgIpc) is 3.13. The molecule has 168 valence electrons. The fourth-order valence-electron chi connectivity index (χ4n) is 4.60. The summed E-state index contributed by atoms with van der Waals surface area (Å²) in [5.41, 5.74) is 0.302. The van der Waals surface area contributed by atoms with E-state index in [-0.39, 0.29) is 16.9 Å². The lowest BCUT2D eigenvalue weighted by Gasteiger charge is -2.41. The van der Waals surface area contributed by atoms with E-state index in [1.165, 1.54) is 43.3 Å². The number of amides is 1. The van der Waals surface area contributed by atoms with Crippen LogP contribution in [-0.4, -0.2) is 57.9 Å². The van der Waals surface area contributed by atoms with Crippen LogP contribution in [0.2, 0.25) is 5.15 Å². The van der Waals surface area contributed by atoms with Crippen LogP contribution in [0.4, 0.5) is 9.52 Å². The van der Waals surface area contributed by atoms with E-state index in [9.17, 15) is 9.18 Å². The number of nitrogens with zero attached hydrogens (tertiary/aromatic N) is 4. The number of nitrogens with one attached hydrogen (secondary N) is 1. The van der Waals surface area contributed by atoms with Crippen LogP contribution < -0.4 is 5.32 Å². The zero-order valence-electron chi connectivity index (χ0n) is 18.0. The molecule has 4 rings (SSSR count). The van der Waals surface area contributed by atoms with Gasteiger partial charge in [-0.2, -0.15) is 0 Å². The topological polar surface area (TPSA) is 61.4 Å². The van der Waals surface area contributed by atoms with E-state index in [1.807, 2.05) is 4.90 Å². The van der Waals surface area contributed by atoms with Crippen LogP contribution in [0.25, 0.3) is 0 Å². The minimum absolute atomic E-state index is 0.0716. The Morgan fingerprint density at radius 2 is 2.10 bits per heavy atom. The van der Waals surface area contributed by atoms with E-state index >= 15 is 0 Å². The molecule has 0 unspecified atom stereocenters. The summed E-state index contributed by atoms with van der Waals surface area (Å²) in [6, 6.07) is 3.10. The first-order chi connectivity index (χ1) is 14.9. The molecular formula is C22H29ClFN5OS. The van der Waals surface area contributed by atoms with Crippen molar-refractivity contribution in [1.82, 2.24) is 19.8 Å². The van der Waals surface area contributed by atoms with Gasteiger partial charge in [0.2, 0.25) is 0 Å². The van der Waals surface area contributed by atoms with Crippen molar-refractivity contribution in [3.05, 3.63) is 39.9 Å². The van der Waals surface area contributed by atoms with E-state index in [4.69, 9.17) is 11.6 Å². The SMILES string of the molecule is C[C@@H]1CCCN(C2CCN(C(=O)c3sc(N[C@@H](C)c4ncccc4F)nc3Cl)CC2)C1. The molecule has 2 saturated heterocycles. The third-order valence-corrected chi connectivity index (χ3v) is 7.63. The number of aromatic nitrogens is 2.